The molecule has 1 N–H and O–H groups in total. The Balaban J connectivity index is 2.94. The molecule has 0 atom stereocenters. The number of hydrogen-bond donors (Lipinski definition) is 1. The van der Waals surface area contributed by atoms with Crippen LogP contribution in [0, 0.1) is 11.5 Å². The molecule has 0 spiro atoms. The van der Waals surface area contributed by atoms with Crippen LogP contribution in [0.2, 0.25) is 5.15 Å². The topological polar surface area (TPSA) is 48.7 Å². The fourth-order valence-electron chi connectivity index (χ4n) is 0.540. The summed E-state index contributed by atoms with van der Waals surface area (Å²) in [5.41, 5.74) is 0.534. The van der Waals surface area contributed by atoms with E-state index in [1.54, 1.807) is 24.5 Å². The van der Waals surface area contributed by atoms with E-state index in [2.05, 4.69) is 10.3 Å². The van der Waals surface area contributed by atoms with Gasteiger partial charge in [-0.3, -0.25) is 5.32 Å². The van der Waals surface area contributed by atoms with E-state index in [1.165, 1.54) is 0 Å². The fourth-order valence-corrected chi connectivity index (χ4v) is 0.706. The van der Waals surface area contributed by atoms with Crippen molar-refractivity contribution in [3.05, 3.63) is 23.5 Å². The molecule has 0 unspecified atom stereocenters. The number of rotatable bonds is 1. The number of nitriles is 1. The van der Waals surface area contributed by atoms with E-state index >= 15 is 0 Å². The first-order valence-electron chi connectivity index (χ1n) is 2.60. The number of anilines is 1. The molecular weight excluding hydrogens is 150 g/mol. The van der Waals surface area contributed by atoms with E-state index in [-0.39, 0.29) is 0 Å². The number of nitrogens with zero attached hydrogens (tertiary/aromatic N) is 2. The zero-order valence-electron chi connectivity index (χ0n) is 5.00. The van der Waals surface area contributed by atoms with E-state index in [1.807, 2.05) is 0 Å². The molecule has 0 aliphatic rings. The molecule has 0 aliphatic carbocycles. The normalized spacial score (nSPS) is 8.40. The number of pyridine rings is 1. The highest BCUT2D eigenvalue weighted by Crippen LogP contribution is 2.16. The van der Waals surface area contributed by atoms with Gasteiger partial charge in [0.05, 0.1) is 5.69 Å². The van der Waals surface area contributed by atoms with Gasteiger partial charge in [0, 0.05) is 6.20 Å². The van der Waals surface area contributed by atoms with Crippen molar-refractivity contribution in [1.29, 1.82) is 5.26 Å². The molecule has 1 rings (SSSR count). The van der Waals surface area contributed by atoms with Crippen molar-refractivity contribution < 1.29 is 0 Å². The van der Waals surface area contributed by atoms with Crippen molar-refractivity contribution in [2.75, 3.05) is 5.32 Å². The SMILES string of the molecule is N#CNc1cccnc1Cl. The molecular formula is C6H4ClN3. The largest absolute Gasteiger partial charge is 0.290 e. The van der Waals surface area contributed by atoms with E-state index in [4.69, 9.17) is 16.9 Å². The predicted molar refractivity (Wildman–Crippen MR) is 38.5 cm³/mol. The van der Waals surface area contributed by atoms with Crippen LogP contribution in [0.3, 0.4) is 0 Å². The minimum Gasteiger partial charge on any atom is -0.290 e. The summed E-state index contributed by atoms with van der Waals surface area (Å²) in [6, 6.07) is 3.38. The molecule has 50 valence electrons. The van der Waals surface area contributed by atoms with E-state index in [0.717, 1.165) is 0 Å². The molecule has 4 heteroatoms. The van der Waals surface area contributed by atoms with E-state index in [0.29, 0.717) is 10.8 Å². The fraction of sp³-hybridized carbons (Fsp3) is 0. The Hall–Kier alpha value is -1.27. The van der Waals surface area contributed by atoms with Crippen LogP contribution in [0.1, 0.15) is 0 Å². The minimum atomic E-state index is 0.309. The van der Waals surface area contributed by atoms with Crippen LogP contribution < -0.4 is 5.32 Å². The monoisotopic (exact) mass is 153 g/mol. The molecule has 0 saturated heterocycles. The van der Waals surface area contributed by atoms with Crippen molar-refractivity contribution in [1.82, 2.24) is 4.98 Å². The van der Waals surface area contributed by atoms with Crippen LogP contribution in [0.5, 0.6) is 0 Å². The molecule has 3 nitrogen and oxygen atoms in total. The second kappa shape index (κ2) is 3.04. The molecule has 0 aliphatic heterocycles. The summed E-state index contributed by atoms with van der Waals surface area (Å²) in [6.45, 7) is 0. The lowest BCUT2D eigenvalue weighted by atomic mass is 10.4. The molecule has 0 bridgehead atoms. The third-order valence-electron chi connectivity index (χ3n) is 0.950. The highest BCUT2D eigenvalue weighted by atomic mass is 35.5. The van der Waals surface area contributed by atoms with Gasteiger partial charge >= 0.3 is 0 Å². The first-order chi connectivity index (χ1) is 4.84. The number of aromatic nitrogens is 1. The van der Waals surface area contributed by atoms with Gasteiger partial charge < -0.3 is 0 Å². The molecule has 1 aromatic heterocycles. The van der Waals surface area contributed by atoms with Crippen LogP contribution in [-0.2, 0) is 0 Å². The standard InChI is InChI=1S/C6H4ClN3/c7-6-5(10-4-8)2-1-3-9-6/h1-3,10H. The number of halogens is 1. The van der Waals surface area contributed by atoms with E-state index in [9.17, 15) is 0 Å². The number of hydrogen-bond acceptors (Lipinski definition) is 3. The molecule has 0 amide bonds. The Morgan fingerprint density at radius 2 is 2.50 bits per heavy atom. The third-order valence-corrected chi connectivity index (χ3v) is 1.25. The quantitative estimate of drug-likeness (QED) is 0.379. The Morgan fingerprint density at radius 3 is 3.10 bits per heavy atom. The van der Waals surface area contributed by atoms with Crippen LogP contribution >= 0.6 is 11.6 Å². The van der Waals surface area contributed by atoms with Crippen LogP contribution in [-0.4, -0.2) is 4.98 Å². The summed E-state index contributed by atoms with van der Waals surface area (Å²) >= 11 is 5.58. The molecule has 0 radical (unpaired) electrons. The van der Waals surface area contributed by atoms with Crippen LogP contribution in [0.15, 0.2) is 18.3 Å². The van der Waals surface area contributed by atoms with Crippen LogP contribution in [0.4, 0.5) is 5.69 Å². The summed E-state index contributed by atoms with van der Waals surface area (Å²) in [7, 11) is 0. The lowest BCUT2D eigenvalue weighted by Gasteiger charge is -1.95. The number of nitrogens with one attached hydrogen (secondary N) is 1. The zero-order valence-corrected chi connectivity index (χ0v) is 5.76. The second-order valence-corrected chi connectivity index (χ2v) is 1.94. The average molecular weight is 154 g/mol. The van der Waals surface area contributed by atoms with Gasteiger partial charge in [-0.1, -0.05) is 11.6 Å². The van der Waals surface area contributed by atoms with Gasteiger partial charge in [-0.2, -0.15) is 5.26 Å². The third kappa shape index (κ3) is 1.36. The van der Waals surface area contributed by atoms with Gasteiger partial charge in [-0.25, -0.2) is 4.98 Å². The van der Waals surface area contributed by atoms with Gasteiger partial charge in [0.25, 0.3) is 0 Å². The molecule has 1 heterocycles. The van der Waals surface area contributed by atoms with Gasteiger partial charge in [-0.15, -0.1) is 0 Å². The Labute approximate surface area is 63.3 Å². The zero-order chi connectivity index (χ0) is 7.40. The summed E-state index contributed by atoms with van der Waals surface area (Å²) < 4.78 is 0. The second-order valence-electron chi connectivity index (χ2n) is 1.58. The lowest BCUT2D eigenvalue weighted by Crippen LogP contribution is -1.88. The maximum atomic E-state index is 8.20. The van der Waals surface area contributed by atoms with Crippen molar-refractivity contribution in [3.8, 4) is 6.19 Å². The first kappa shape index (κ1) is 6.84. The van der Waals surface area contributed by atoms with Gasteiger partial charge in [0.15, 0.2) is 11.3 Å². The van der Waals surface area contributed by atoms with Crippen molar-refractivity contribution >= 4 is 17.3 Å². The average Bonchev–Trinajstić information content (AvgIpc) is 1.94. The highest BCUT2D eigenvalue weighted by Gasteiger charge is 1.95. The Morgan fingerprint density at radius 1 is 1.70 bits per heavy atom. The Bertz CT molecular complexity index is 266. The molecule has 0 aromatic carbocycles. The molecule has 0 fully saturated rings. The maximum Gasteiger partial charge on any atom is 0.181 e. The lowest BCUT2D eigenvalue weighted by molar-refractivity contribution is 1.32. The summed E-state index contributed by atoms with van der Waals surface area (Å²) in [6.07, 6.45) is 3.31. The summed E-state index contributed by atoms with van der Waals surface area (Å²) in [5.74, 6) is 0. The van der Waals surface area contributed by atoms with Gasteiger partial charge in [0.2, 0.25) is 0 Å². The molecule has 1 aromatic rings. The minimum absolute atomic E-state index is 0.309. The van der Waals surface area contributed by atoms with Gasteiger partial charge in [-0.05, 0) is 12.1 Å². The van der Waals surface area contributed by atoms with Crippen molar-refractivity contribution in [2.45, 2.75) is 0 Å². The van der Waals surface area contributed by atoms with Crippen LogP contribution in [0.25, 0.3) is 0 Å². The van der Waals surface area contributed by atoms with Crippen molar-refractivity contribution in [2.24, 2.45) is 0 Å². The summed E-state index contributed by atoms with van der Waals surface area (Å²) in [5, 5.41) is 10.9. The van der Waals surface area contributed by atoms with E-state index < -0.39 is 0 Å². The highest BCUT2D eigenvalue weighted by molar-refractivity contribution is 6.31. The summed E-state index contributed by atoms with van der Waals surface area (Å²) in [4.78, 5) is 3.75. The maximum absolute atomic E-state index is 8.20. The predicted octanol–water partition coefficient (Wildman–Crippen LogP) is 1.63. The van der Waals surface area contributed by atoms with Crippen molar-refractivity contribution in [3.63, 3.8) is 0 Å². The molecule has 0 saturated carbocycles. The molecule has 10 heavy (non-hydrogen) atoms. The smallest absolute Gasteiger partial charge is 0.181 e. The first-order valence-corrected chi connectivity index (χ1v) is 2.98. The Kier molecular flexibility index (Phi) is 2.08. The van der Waals surface area contributed by atoms with Gasteiger partial charge in [0.1, 0.15) is 0 Å².